The lowest BCUT2D eigenvalue weighted by Crippen LogP contribution is -2.30. The molecule has 0 rings (SSSR count). The van der Waals surface area contributed by atoms with Crippen molar-refractivity contribution in [1.29, 1.82) is 0 Å². The Balaban J connectivity index is 4.42. The summed E-state index contributed by atoms with van der Waals surface area (Å²) in [7, 11) is 0. The van der Waals surface area contributed by atoms with Crippen LogP contribution in [0.15, 0.2) is 60.8 Å². The second-order valence-electron chi connectivity index (χ2n) is 20.6. The summed E-state index contributed by atoms with van der Waals surface area (Å²) < 4.78 is 16.9. The highest BCUT2D eigenvalue weighted by atomic mass is 16.6. The van der Waals surface area contributed by atoms with E-state index in [-0.39, 0.29) is 37.5 Å². The van der Waals surface area contributed by atoms with E-state index in [2.05, 4.69) is 81.5 Å². The molecule has 0 radical (unpaired) electrons. The lowest BCUT2D eigenvalue weighted by atomic mass is 10.0. The third-order valence-corrected chi connectivity index (χ3v) is 13.5. The first kappa shape index (κ1) is 68.1. The average Bonchev–Trinajstić information content (AvgIpc) is 3.37. The molecule has 0 aliphatic carbocycles. The third kappa shape index (κ3) is 57.9. The minimum absolute atomic E-state index is 0.0924. The second-order valence-corrected chi connectivity index (χ2v) is 20.6. The Labute approximate surface area is 440 Å². The zero-order valence-electron chi connectivity index (χ0n) is 47.2. The predicted octanol–water partition coefficient (Wildman–Crippen LogP) is 20.8. The Hall–Kier alpha value is -2.89. The molecule has 6 heteroatoms. The molecule has 0 fully saturated rings. The van der Waals surface area contributed by atoms with Gasteiger partial charge in [-0.3, -0.25) is 14.4 Å². The van der Waals surface area contributed by atoms with Gasteiger partial charge in [-0.1, -0.05) is 274 Å². The van der Waals surface area contributed by atoms with Gasteiger partial charge in [0, 0.05) is 19.3 Å². The Morgan fingerprint density at radius 1 is 0.282 bits per heavy atom. The molecule has 0 aliphatic rings. The maximum absolute atomic E-state index is 12.9. The van der Waals surface area contributed by atoms with Crippen LogP contribution in [0.5, 0.6) is 0 Å². The Morgan fingerprint density at radius 2 is 0.521 bits per heavy atom. The molecule has 1 atom stereocenters. The number of hydrogen-bond acceptors (Lipinski definition) is 6. The third-order valence-electron chi connectivity index (χ3n) is 13.5. The first-order valence-electron chi connectivity index (χ1n) is 30.8. The fraction of sp³-hybridized carbons (Fsp3) is 0.800. The Kier molecular flexibility index (Phi) is 57.2. The number of rotatable bonds is 56. The van der Waals surface area contributed by atoms with Crippen molar-refractivity contribution in [2.45, 2.75) is 322 Å². The number of esters is 3. The van der Waals surface area contributed by atoms with Crippen molar-refractivity contribution in [2.24, 2.45) is 0 Å². The monoisotopic (exact) mass is 993 g/mol. The molecule has 0 bridgehead atoms. The standard InChI is InChI=1S/C65H116O6/c1-4-7-10-13-16-19-22-25-28-31-32-35-37-40-43-46-49-52-55-58-64(67)70-61-62(71-65(68)59-56-53-50-47-44-41-38-34-30-27-24-21-18-15-12-9-6-3)60-69-63(66)57-54-51-48-45-42-39-36-33-29-26-23-20-17-14-11-8-5-2/h16,19,25,27-28,30,38,41,47,50,62H,4-15,17-18,20-24,26,29,31-37,39-40,42-46,48-49,51-61H2,1-3H3/b19-16-,28-25-,30-27-,41-38-,50-47-/t62-/m0/s1. The molecule has 0 heterocycles. The van der Waals surface area contributed by atoms with Gasteiger partial charge in [0.25, 0.3) is 0 Å². The fourth-order valence-corrected chi connectivity index (χ4v) is 8.84. The van der Waals surface area contributed by atoms with Gasteiger partial charge in [-0.2, -0.15) is 0 Å². The molecule has 0 aliphatic heterocycles. The molecule has 0 aromatic heterocycles. The predicted molar refractivity (Wildman–Crippen MR) is 307 cm³/mol. The van der Waals surface area contributed by atoms with Gasteiger partial charge in [0.15, 0.2) is 6.10 Å². The number of ether oxygens (including phenoxy) is 3. The lowest BCUT2D eigenvalue weighted by molar-refractivity contribution is -0.167. The summed E-state index contributed by atoms with van der Waals surface area (Å²) in [4.78, 5) is 38.2. The van der Waals surface area contributed by atoms with Gasteiger partial charge >= 0.3 is 17.9 Å². The number of hydrogen-bond donors (Lipinski definition) is 0. The largest absolute Gasteiger partial charge is 0.462 e. The van der Waals surface area contributed by atoms with Gasteiger partial charge in [0.2, 0.25) is 0 Å². The molecule has 0 saturated carbocycles. The summed E-state index contributed by atoms with van der Waals surface area (Å²) in [6.07, 6.45) is 75.1. The first-order valence-corrected chi connectivity index (χ1v) is 30.8. The van der Waals surface area contributed by atoms with Gasteiger partial charge in [0.1, 0.15) is 13.2 Å². The minimum atomic E-state index is -0.801. The van der Waals surface area contributed by atoms with E-state index in [9.17, 15) is 14.4 Å². The van der Waals surface area contributed by atoms with Crippen LogP contribution in [0, 0.1) is 0 Å². The van der Waals surface area contributed by atoms with Crippen molar-refractivity contribution in [3.05, 3.63) is 60.8 Å². The van der Waals surface area contributed by atoms with E-state index >= 15 is 0 Å². The van der Waals surface area contributed by atoms with E-state index in [4.69, 9.17) is 14.2 Å². The fourth-order valence-electron chi connectivity index (χ4n) is 8.84. The van der Waals surface area contributed by atoms with Crippen LogP contribution in [-0.4, -0.2) is 37.2 Å². The molecule has 0 N–H and O–H groups in total. The van der Waals surface area contributed by atoms with Crippen LogP contribution in [0.3, 0.4) is 0 Å². The zero-order valence-corrected chi connectivity index (χ0v) is 47.2. The van der Waals surface area contributed by atoms with Crippen LogP contribution in [0.4, 0.5) is 0 Å². The molecule has 0 aromatic carbocycles. The van der Waals surface area contributed by atoms with Crippen molar-refractivity contribution >= 4 is 17.9 Å². The van der Waals surface area contributed by atoms with E-state index in [1.165, 1.54) is 205 Å². The molecule has 412 valence electrons. The molecule has 0 aromatic rings. The van der Waals surface area contributed by atoms with Gasteiger partial charge in [-0.05, 0) is 83.5 Å². The summed E-state index contributed by atoms with van der Waals surface area (Å²) in [5.41, 5.74) is 0. The number of carbonyl (C=O) groups is 3. The van der Waals surface area contributed by atoms with Crippen LogP contribution >= 0.6 is 0 Å². The summed E-state index contributed by atoms with van der Waals surface area (Å²) in [6, 6.07) is 0. The van der Waals surface area contributed by atoms with E-state index in [1.54, 1.807) is 0 Å². The highest BCUT2D eigenvalue weighted by Gasteiger charge is 2.19. The second kappa shape index (κ2) is 59.7. The van der Waals surface area contributed by atoms with Crippen molar-refractivity contribution < 1.29 is 28.6 Å². The summed E-state index contributed by atoms with van der Waals surface area (Å²) in [6.45, 7) is 6.61. The molecule has 0 amide bonds. The molecule has 71 heavy (non-hydrogen) atoms. The van der Waals surface area contributed by atoms with E-state index in [0.717, 1.165) is 64.2 Å². The Morgan fingerprint density at radius 3 is 0.859 bits per heavy atom. The van der Waals surface area contributed by atoms with Crippen molar-refractivity contribution in [3.8, 4) is 0 Å². The van der Waals surface area contributed by atoms with Crippen LogP contribution in [-0.2, 0) is 28.6 Å². The quantitative estimate of drug-likeness (QED) is 0.0261. The van der Waals surface area contributed by atoms with Crippen molar-refractivity contribution in [2.75, 3.05) is 13.2 Å². The van der Waals surface area contributed by atoms with Gasteiger partial charge < -0.3 is 14.2 Å². The summed E-state index contributed by atoms with van der Waals surface area (Å²) in [5, 5.41) is 0. The van der Waals surface area contributed by atoms with Gasteiger partial charge in [0.05, 0.1) is 0 Å². The Bertz CT molecular complexity index is 1280. The van der Waals surface area contributed by atoms with Crippen LogP contribution in [0.1, 0.15) is 316 Å². The summed E-state index contributed by atoms with van der Waals surface area (Å²) in [5.74, 6) is -0.934. The van der Waals surface area contributed by atoms with E-state index in [0.29, 0.717) is 19.3 Å². The summed E-state index contributed by atoms with van der Waals surface area (Å²) >= 11 is 0. The maximum atomic E-state index is 12.9. The van der Waals surface area contributed by atoms with Crippen molar-refractivity contribution in [1.82, 2.24) is 0 Å². The van der Waals surface area contributed by atoms with Crippen molar-refractivity contribution in [3.63, 3.8) is 0 Å². The molecule has 0 spiro atoms. The minimum Gasteiger partial charge on any atom is -0.462 e. The maximum Gasteiger partial charge on any atom is 0.306 e. The number of allylic oxidation sites excluding steroid dienone is 10. The lowest BCUT2D eigenvalue weighted by Gasteiger charge is -2.18. The smallest absolute Gasteiger partial charge is 0.306 e. The normalized spacial score (nSPS) is 12.4. The van der Waals surface area contributed by atoms with E-state index in [1.807, 2.05) is 0 Å². The van der Waals surface area contributed by atoms with Crippen LogP contribution in [0.2, 0.25) is 0 Å². The zero-order chi connectivity index (χ0) is 51.4. The van der Waals surface area contributed by atoms with Gasteiger partial charge in [-0.25, -0.2) is 0 Å². The molecular weight excluding hydrogens is 877 g/mol. The highest BCUT2D eigenvalue weighted by Crippen LogP contribution is 2.16. The molecule has 0 unspecified atom stereocenters. The first-order chi connectivity index (χ1) is 35.0. The van der Waals surface area contributed by atoms with E-state index < -0.39 is 6.10 Å². The highest BCUT2D eigenvalue weighted by molar-refractivity contribution is 5.71. The molecule has 6 nitrogen and oxygen atoms in total. The molecule has 0 saturated heterocycles. The number of unbranched alkanes of at least 4 members (excludes halogenated alkanes) is 35. The topological polar surface area (TPSA) is 78.9 Å². The SMILES string of the molecule is CCCCC/C=C\C/C=C\CCCCCCCCCCCC(=O)OC[C@H](COC(=O)CCCCCCCCCCCCCCCCCCC)OC(=O)CCC/C=C\C/C=C\C/C=C\CCCCCCCC. The molecular formula is C65H116O6. The van der Waals surface area contributed by atoms with Gasteiger partial charge in [-0.15, -0.1) is 0 Å². The average molecular weight is 994 g/mol. The number of carbonyl (C=O) groups excluding carboxylic acids is 3. The van der Waals surface area contributed by atoms with Crippen LogP contribution < -0.4 is 0 Å². The van der Waals surface area contributed by atoms with Crippen LogP contribution in [0.25, 0.3) is 0 Å².